The highest BCUT2D eigenvalue weighted by atomic mass is 16.4. The maximum atomic E-state index is 9.70. The number of aliphatic hydroxyl groups is 10. The first-order valence-electron chi connectivity index (χ1n) is 9.45. The highest BCUT2D eigenvalue weighted by molar-refractivity contribution is 4.82. The van der Waals surface area contributed by atoms with Crippen LogP contribution >= 0.6 is 0 Å². The van der Waals surface area contributed by atoms with E-state index in [4.69, 9.17) is 10.2 Å². The molecule has 13 N–H and O–H groups in total. The summed E-state index contributed by atoms with van der Waals surface area (Å²) in [5, 5.41) is 102. The van der Waals surface area contributed by atoms with Gasteiger partial charge in [0.2, 0.25) is 0 Å². The third kappa shape index (κ3) is 11.4. The van der Waals surface area contributed by atoms with E-state index in [1.165, 1.54) is 0 Å². The molecule has 13 nitrogen and oxygen atoms in total. The lowest BCUT2D eigenvalue weighted by atomic mass is 10.0. The molecule has 13 heteroatoms. The zero-order valence-electron chi connectivity index (χ0n) is 16.2. The minimum atomic E-state index is -1.66. The van der Waals surface area contributed by atoms with E-state index in [1.807, 2.05) is 0 Å². The average molecular weight is 431 g/mol. The van der Waals surface area contributed by atoms with Gasteiger partial charge in [0.1, 0.15) is 36.6 Å². The van der Waals surface area contributed by atoms with Gasteiger partial charge < -0.3 is 67.0 Å². The Labute approximate surface area is 169 Å². The zero-order valence-corrected chi connectivity index (χ0v) is 16.2. The molecule has 0 spiro atoms. The first-order chi connectivity index (χ1) is 13.7. The van der Waals surface area contributed by atoms with E-state index < -0.39 is 62.0 Å². The van der Waals surface area contributed by atoms with E-state index in [2.05, 4.69) is 16.0 Å². The summed E-state index contributed by atoms with van der Waals surface area (Å²) in [6.45, 7) is 0.293. The third-order valence-corrected chi connectivity index (χ3v) is 4.31. The molecule has 0 saturated carbocycles. The molecule has 0 unspecified atom stereocenters. The molecule has 0 aromatic rings. The van der Waals surface area contributed by atoms with Crippen LogP contribution in [0.5, 0.6) is 0 Å². The van der Waals surface area contributed by atoms with Crippen molar-refractivity contribution in [1.82, 2.24) is 16.0 Å². The lowest BCUT2D eigenvalue weighted by Gasteiger charge is -2.26. The van der Waals surface area contributed by atoms with Crippen LogP contribution in [0.2, 0.25) is 0 Å². The first kappa shape index (κ1) is 28.5. The molecule has 0 aliphatic carbocycles. The smallest absolute Gasteiger partial charge is 0.111 e. The third-order valence-electron chi connectivity index (χ3n) is 4.31. The largest absolute Gasteiger partial charge is 0.394 e. The van der Waals surface area contributed by atoms with Gasteiger partial charge in [0, 0.05) is 39.3 Å². The summed E-state index contributed by atoms with van der Waals surface area (Å²) in [6, 6.07) is 0. The van der Waals surface area contributed by atoms with Crippen molar-refractivity contribution >= 4 is 0 Å². The van der Waals surface area contributed by atoms with E-state index in [0.29, 0.717) is 26.2 Å². The number of aliphatic hydroxyl groups excluding tert-OH is 10. The molecular weight excluding hydrogens is 394 g/mol. The fourth-order valence-electron chi connectivity index (χ4n) is 2.35. The molecule has 0 radical (unpaired) electrons. The van der Waals surface area contributed by atoms with Gasteiger partial charge in [-0.25, -0.2) is 0 Å². The Morgan fingerprint density at radius 2 is 0.690 bits per heavy atom. The highest BCUT2D eigenvalue weighted by Gasteiger charge is 2.30. The Hall–Kier alpha value is -0.520. The first-order valence-corrected chi connectivity index (χ1v) is 9.45. The maximum absolute atomic E-state index is 9.70. The molecule has 0 amide bonds. The predicted molar refractivity (Wildman–Crippen MR) is 101 cm³/mol. The summed E-state index contributed by atoms with van der Waals surface area (Å²) in [6.07, 6.45) is -12.3. The monoisotopic (exact) mass is 431 g/mol. The minimum absolute atomic E-state index is 0.0393. The summed E-state index contributed by atoms with van der Waals surface area (Å²) in [7, 11) is 0. The van der Waals surface area contributed by atoms with Gasteiger partial charge in [-0.1, -0.05) is 0 Å². The lowest BCUT2D eigenvalue weighted by molar-refractivity contribution is -0.113. The van der Waals surface area contributed by atoms with E-state index in [0.717, 1.165) is 0 Å². The fraction of sp³-hybridized carbons (Fsp3) is 1.00. The Kier molecular flexibility index (Phi) is 15.9. The molecule has 176 valence electrons. The second-order valence-corrected chi connectivity index (χ2v) is 6.76. The Bertz CT molecular complexity index is 364. The van der Waals surface area contributed by atoms with Gasteiger partial charge in [-0.2, -0.15) is 0 Å². The number of rotatable bonds is 18. The second kappa shape index (κ2) is 16.2. The van der Waals surface area contributed by atoms with Crippen LogP contribution in [0.1, 0.15) is 0 Å². The molecule has 0 aliphatic rings. The molecule has 0 rings (SSSR count). The molecule has 0 saturated heterocycles. The van der Waals surface area contributed by atoms with Gasteiger partial charge in [-0.05, 0) is 0 Å². The zero-order chi connectivity index (χ0) is 22.4. The minimum Gasteiger partial charge on any atom is -0.394 e. The molecule has 0 fully saturated rings. The van der Waals surface area contributed by atoms with Crippen molar-refractivity contribution in [2.75, 3.05) is 52.5 Å². The van der Waals surface area contributed by atoms with Crippen molar-refractivity contribution < 1.29 is 51.1 Å². The van der Waals surface area contributed by atoms with Crippen molar-refractivity contribution in [1.29, 1.82) is 0 Å². The average Bonchev–Trinajstić information content (AvgIpc) is 2.73. The Balaban J connectivity index is 3.73. The van der Waals surface area contributed by atoms with Crippen molar-refractivity contribution in [3.8, 4) is 0 Å². The number of nitrogens with one attached hydrogen (secondary N) is 3. The maximum Gasteiger partial charge on any atom is 0.111 e. The van der Waals surface area contributed by atoms with Gasteiger partial charge >= 0.3 is 0 Å². The molecule has 0 bridgehead atoms. The van der Waals surface area contributed by atoms with Crippen molar-refractivity contribution in [2.24, 2.45) is 0 Å². The van der Waals surface area contributed by atoms with Gasteiger partial charge in [0.05, 0.1) is 25.4 Å². The van der Waals surface area contributed by atoms with Crippen LogP contribution < -0.4 is 16.0 Å². The van der Waals surface area contributed by atoms with Crippen LogP contribution in [0.15, 0.2) is 0 Å². The predicted octanol–water partition coefficient (Wildman–Crippen LogP) is -7.37. The van der Waals surface area contributed by atoms with Gasteiger partial charge in [0.25, 0.3) is 0 Å². The second-order valence-electron chi connectivity index (χ2n) is 6.76. The SMILES string of the molecule is OC[C@@H](O)[C@@H](O)[C@H](O)[C@@H](O)CNCCNCCNC[C@H](O)[C@@H](O)[C@H](O)[C@H](O)CO. The Morgan fingerprint density at radius 3 is 1.00 bits per heavy atom. The van der Waals surface area contributed by atoms with Gasteiger partial charge in [-0.15, -0.1) is 0 Å². The van der Waals surface area contributed by atoms with Crippen LogP contribution in [0.25, 0.3) is 0 Å². The molecule has 0 aromatic carbocycles. The Morgan fingerprint density at radius 1 is 0.414 bits per heavy atom. The van der Waals surface area contributed by atoms with Crippen LogP contribution in [0, 0.1) is 0 Å². The van der Waals surface area contributed by atoms with Crippen molar-refractivity contribution in [3.05, 3.63) is 0 Å². The standard InChI is InChI=1S/C16H37N3O10/c20-7-11(24)15(28)13(26)9(22)5-18-3-1-17-2-4-19-6-10(23)14(27)16(29)12(25)8-21/h9-29H,1-8H2/t9-,10-,11+,12+,13+,14+,15+,16+/m0/s1. The number of hydrogen-bond donors (Lipinski definition) is 13. The molecule has 0 aliphatic heterocycles. The summed E-state index contributed by atoms with van der Waals surface area (Å²) in [5.74, 6) is 0. The molecule has 0 aromatic heterocycles. The van der Waals surface area contributed by atoms with Gasteiger partial charge in [-0.3, -0.25) is 0 Å². The highest BCUT2D eigenvalue weighted by Crippen LogP contribution is 2.05. The summed E-state index contributed by atoms with van der Waals surface area (Å²) >= 11 is 0. The quantitative estimate of drug-likeness (QED) is 0.0904. The molecule has 29 heavy (non-hydrogen) atoms. The molecule has 8 atom stereocenters. The summed E-state index contributed by atoms with van der Waals surface area (Å²) in [5.41, 5.74) is 0. The van der Waals surface area contributed by atoms with Crippen LogP contribution in [-0.4, -0.2) is 152 Å². The number of hydrogen-bond acceptors (Lipinski definition) is 13. The summed E-state index contributed by atoms with van der Waals surface area (Å²) in [4.78, 5) is 0. The molecule has 0 heterocycles. The summed E-state index contributed by atoms with van der Waals surface area (Å²) < 4.78 is 0. The van der Waals surface area contributed by atoms with E-state index >= 15 is 0 Å². The van der Waals surface area contributed by atoms with E-state index in [1.54, 1.807) is 0 Å². The van der Waals surface area contributed by atoms with E-state index in [9.17, 15) is 40.9 Å². The van der Waals surface area contributed by atoms with Crippen molar-refractivity contribution in [3.63, 3.8) is 0 Å². The normalized spacial score (nSPS) is 20.5. The molecular formula is C16H37N3O10. The topological polar surface area (TPSA) is 238 Å². The van der Waals surface area contributed by atoms with Gasteiger partial charge in [0.15, 0.2) is 0 Å². The van der Waals surface area contributed by atoms with Crippen LogP contribution in [-0.2, 0) is 0 Å². The lowest BCUT2D eigenvalue weighted by Crippen LogP contribution is -2.49. The van der Waals surface area contributed by atoms with E-state index in [-0.39, 0.29) is 13.1 Å². The van der Waals surface area contributed by atoms with Crippen molar-refractivity contribution in [2.45, 2.75) is 48.8 Å². The van der Waals surface area contributed by atoms with Crippen LogP contribution in [0.4, 0.5) is 0 Å². The van der Waals surface area contributed by atoms with Crippen LogP contribution in [0.3, 0.4) is 0 Å². The fourth-order valence-corrected chi connectivity index (χ4v) is 2.35.